The Labute approximate surface area is 193 Å². The molecule has 2 aromatic carbocycles. The predicted octanol–water partition coefficient (Wildman–Crippen LogP) is 5.83. The lowest BCUT2D eigenvalue weighted by atomic mass is 9.96. The van der Waals surface area contributed by atoms with Gasteiger partial charge in [0, 0.05) is 50.7 Å². The number of nitrogens with one attached hydrogen (secondary N) is 1. The minimum atomic E-state index is -0.352. The summed E-state index contributed by atoms with van der Waals surface area (Å²) in [6.07, 6.45) is 5.52. The molecule has 4 aromatic rings. The highest BCUT2D eigenvalue weighted by Crippen LogP contribution is 2.37. The van der Waals surface area contributed by atoms with Gasteiger partial charge in [0.2, 0.25) is 0 Å². The van der Waals surface area contributed by atoms with Crippen LogP contribution in [0.2, 0.25) is 5.02 Å². The third-order valence-corrected chi connectivity index (χ3v) is 5.76. The number of H-pyrrole nitrogens is 1. The van der Waals surface area contributed by atoms with Gasteiger partial charge in [-0.15, -0.1) is 0 Å². The molecule has 4 rings (SSSR count). The average molecular weight is 448 g/mol. The van der Waals surface area contributed by atoms with Gasteiger partial charge < -0.3 is 14.6 Å². The van der Waals surface area contributed by atoms with Crippen molar-refractivity contribution in [3.8, 4) is 22.3 Å². The molecule has 0 saturated heterocycles. The molecule has 6 heteroatoms. The summed E-state index contributed by atoms with van der Waals surface area (Å²) in [5.74, 6) is -0.352. The van der Waals surface area contributed by atoms with Gasteiger partial charge in [-0.1, -0.05) is 29.8 Å². The van der Waals surface area contributed by atoms with E-state index in [1.165, 1.54) is 7.11 Å². The molecule has 0 aliphatic rings. The number of methoxy groups -OCH3 is 1. The van der Waals surface area contributed by atoms with Crippen LogP contribution in [0.25, 0.3) is 33.2 Å². The number of halogens is 1. The minimum Gasteiger partial charge on any atom is -0.465 e. The quantitative estimate of drug-likeness (QED) is 0.362. The van der Waals surface area contributed by atoms with Gasteiger partial charge in [0.05, 0.1) is 12.7 Å². The molecule has 0 spiro atoms. The average Bonchev–Trinajstić information content (AvgIpc) is 3.16. The first-order chi connectivity index (χ1) is 15.5. The van der Waals surface area contributed by atoms with Crippen molar-refractivity contribution in [2.45, 2.75) is 12.8 Å². The van der Waals surface area contributed by atoms with E-state index in [4.69, 9.17) is 16.3 Å². The Morgan fingerprint density at radius 3 is 2.59 bits per heavy atom. The number of hydrogen-bond donors (Lipinski definition) is 1. The molecular weight excluding hydrogens is 422 g/mol. The zero-order valence-electron chi connectivity index (χ0n) is 18.5. The Balaban J connectivity index is 1.89. The Kier molecular flexibility index (Phi) is 6.58. The topological polar surface area (TPSA) is 58.2 Å². The largest absolute Gasteiger partial charge is 0.465 e. The van der Waals surface area contributed by atoms with E-state index in [1.54, 1.807) is 0 Å². The van der Waals surface area contributed by atoms with Crippen molar-refractivity contribution in [3.63, 3.8) is 0 Å². The highest BCUT2D eigenvalue weighted by Gasteiger charge is 2.20. The Morgan fingerprint density at radius 1 is 1.06 bits per heavy atom. The fourth-order valence-electron chi connectivity index (χ4n) is 4.06. The maximum Gasteiger partial charge on any atom is 0.338 e. The van der Waals surface area contributed by atoms with E-state index < -0.39 is 0 Å². The van der Waals surface area contributed by atoms with Crippen LogP contribution in [0.1, 0.15) is 22.5 Å². The normalized spacial score (nSPS) is 11.3. The molecule has 0 unspecified atom stereocenters. The van der Waals surface area contributed by atoms with Crippen LogP contribution in [0.5, 0.6) is 0 Å². The summed E-state index contributed by atoms with van der Waals surface area (Å²) in [7, 11) is 5.55. The van der Waals surface area contributed by atoms with Crippen LogP contribution >= 0.6 is 11.6 Å². The molecule has 0 fully saturated rings. The molecule has 5 nitrogen and oxygen atoms in total. The van der Waals surface area contributed by atoms with E-state index in [0.29, 0.717) is 10.6 Å². The maximum atomic E-state index is 12.6. The summed E-state index contributed by atoms with van der Waals surface area (Å²) in [5, 5.41) is 1.54. The van der Waals surface area contributed by atoms with E-state index in [0.717, 1.165) is 58.2 Å². The SMILES string of the molecule is COC(=O)c1cccc2[nH]c(CCCN(C)C)c(-c3cncc(-c4cccc(Cl)c4)c3)c12. The lowest BCUT2D eigenvalue weighted by Gasteiger charge is -2.11. The van der Waals surface area contributed by atoms with Crippen LogP contribution in [0, 0.1) is 0 Å². The van der Waals surface area contributed by atoms with Gasteiger partial charge in [-0.25, -0.2) is 4.79 Å². The summed E-state index contributed by atoms with van der Waals surface area (Å²) in [6.45, 7) is 0.972. The van der Waals surface area contributed by atoms with Crippen molar-refractivity contribution >= 4 is 28.5 Å². The Bertz CT molecular complexity index is 1260. The standard InChI is InChI=1S/C26H26ClN3O2/c1-30(2)12-6-11-22-24(25-21(26(31)32-3)9-5-10-23(25)29-22)19-13-18(15-28-16-19)17-7-4-8-20(27)14-17/h4-5,7-10,13-16,29H,6,11-12H2,1-3H3. The van der Waals surface area contributed by atoms with E-state index in [-0.39, 0.29) is 5.97 Å². The van der Waals surface area contributed by atoms with Gasteiger partial charge in [0.1, 0.15) is 0 Å². The van der Waals surface area contributed by atoms with Gasteiger partial charge in [-0.2, -0.15) is 0 Å². The van der Waals surface area contributed by atoms with Gasteiger partial charge in [0.15, 0.2) is 0 Å². The van der Waals surface area contributed by atoms with Crippen molar-refractivity contribution in [3.05, 3.63) is 77.2 Å². The molecule has 0 amide bonds. The second-order valence-corrected chi connectivity index (χ2v) is 8.51. The number of pyridine rings is 1. The van der Waals surface area contributed by atoms with Gasteiger partial charge in [0.25, 0.3) is 0 Å². The Morgan fingerprint density at radius 2 is 1.84 bits per heavy atom. The van der Waals surface area contributed by atoms with Gasteiger partial charge >= 0.3 is 5.97 Å². The Hall–Kier alpha value is -3.15. The minimum absolute atomic E-state index is 0.352. The number of benzene rings is 2. The number of aromatic nitrogens is 2. The fraction of sp³-hybridized carbons (Fsp3) is 0.231. The summed E-state index contributed by atoms with van der Waals surface area (Å²) in [5.41, 5.74) is 6.45. The van der Waals surface area contributed by atoms with Crippen molar-refractivity contribution in [1.29, 1.82) is 0 Å². The van der Waals surface area contributed by atoms with E-state index >= 15 is 0 Å². The molecule has 0 bridgehead atoms. The van der Waals surface area contributed by atoms with E-state index in [9.17, 15) is 4.79 Å². The number of hydrogen-bond acceptors (Lipinski definition) is 4. The number of carbonyl (C=O) groups excluding carboxylic acids is 1. The zero-order chi connectivity index (χ0) is 22.7. The molecule has 0 radical (unpaired) electrons. The maximum absolute atomic E-state index is 12.6. The first kappa shape index (κ1) is 22.1. The van der Waals surface area contributed by atoms with Crippen LogP contribution in [-0.2, 0) is 11.2 Å². The molecule has 2 aromatic heterocycles. The first-order valence-corrected chi connectivity index (χ1v) is 10.9. The lowest BCUT2D eigenvalue weighted by Crippen LogP contribution is -2.13. The number of carbonyl (C=O) groups is 1. The molecule has 1 N–H and O–H groups in total. The molecule has 32 heavy (non-hydrogen) atoms. The molecule has 0 aliphatic carbocycles. The number of rotatable bonds is 7. The molecule has 0 aliphatic heterocycles. The van der Waals surface area contributed by atoms with Crippen molar-refractivity contribution < 1.29 is 9.53 Å². The monoisotopic (exact) mass is 447 g/mol. The predicted molar refractivity (Wildman–Crippen MR) is 130 cm³/mol. The number of esters is 1. The number of ether oxygens (including phenoxy) is 1. The summed E-state index contributed by atoms with van der Waals surface area (Å²) in [6, 6.07) is 15.5. The first-order valence-electron chi connectivity index (χ1n) is 10.6. The third kappa shape index (κ3) is 4.54. The van der Waals surface area contributed by atoms with Crippen LogP contribution in [0.3, 0.4) is 0 Å². The second-order valence-electron chi connectivity index (χ2n) is 8.08. The number of fused-ring (bicyclic) bond motifs is 1. The lowest BCUT2D eigenvalue weighted by molar-refractivity contribution is 0.0603. The number of aromatic amines is 1. The molecule has 0 saturated carbocycles. The van der Waals surface area contributed by atoms with Crippen molar-refractivity contribution in [1.82, 2.24) is 14.9 Å². The molecule has 0 atom stereocenters. The molecular formula is C26H26ClN3O2. The summed E-state index contributed by atoms with van der Waals surface area (Å²) >= 11 is 6.21. The van der Waals surface area contributed by atoms with Crippen molar-refractivity contribution in [2.75, 3.05) is 27.7 Å². The highest BCUT2D eigenvalue weighted by atomic mass is 35.5. The highest BCUT2D eigenvalue weighted by molar-refractivity contribution is 6.30. The fourth-order valence-corrected chi connectivity index (χ4v) is 4.25. The number of nitrogens with zero attached hydrogens (tertiary/aromatic N) is 2. The molecule has 164 valence electrons. The van der Waals surface area contributed by atoms with E-state index in [1.807, 2.05) is 54.9 Å². The smallest absolute Gasteiger partial charge is 0.338 e. The van der Waals surface area contributed by atoms with Crippen LogP contribution in [0.4, 0.5) is 0 Å². The van der Waals surface area contributed by atoms with Crippen LogP contribution in [-0.4, -0.2) is 48.6 Å². The molecule has 2 heterocycles. The second kappa shape index (κ2) is 9.55. The zero-order valence-corrected chi connectivity index (χ0v) is 19.2. The number of aryl methyl sites for hydroxylation is 1. The summed E-state index contributed by atoms with van der Waals surface area (Å²) < 4.78 is 5.07. The van der Waals surface area contributed by atoms with Crippen molar-refractivity contribution in [2.24, 2.45) is 0 Å². The van der Waals surface area contributed by atoms with Gasteiger partial charge in [-0.05, 0) is 69.4 Å². The van der Waals surface area contributed by atoms with E-state index in [2.05, 4.69) is 35.0 Å². The summed E-state index contributed by atoms with van der Waals surface area (Å²) in [4.78, 5) is 22.8. The van der Waals surface area contributed by atoms with Crippen LogP contribution in [0.15, 0.2) is 60.9 Å². The third-order valence-electron chi connectivity index (χ3n) is 5.52. The van der Waals surface area contributed by atoms with Gasteiger partial charge in [-0.3, -0.25) is 4.98 Å². The van der Waals surface area contributed by atoms with Crippen LogP contribution < -0.4 is 0 Å².